The molecule has 25 heavy (non-hydrogen) atoms. The Labute approximate surface area is 143 Å². The molecule has 3 aromatic rings. The number of hydrazone groups is 1. The lowest BCUT2D eigenvalue weighted by Gasteiger charge is -2.10. The molecule has 1 aliphatic rings. The minimum Gasteiger partial charge on any atom is -0.463 e. The van der Waals surface area contributed by atoms with E-state index in [1.54, 1.807) is 30.4 Å². The van der Waals surface area contributed by atoms with Gasteiger partial charge in [-0.05, 0) is 36.4 Å². The zero-order valence-electron chi connectivity index (χ0n) is 13.3. The van der Waals surface area contributed by atoms with E-state index >= 15 is 0 Å². The van der Waals surface area contributed by atoms with E-state index in [-0.39, 0.29) is 17.8 Å². The molecule has 2 aromatic carbocycles. The summed E-state index contributed by atoms with van der Waals surface area (Å²) in [6.07, 6.45) is 4.94. The second-order valence-corrected chi connectivity index (χ2v) is 5.66. The average molecular weight is 330 g/mol. The Morgan fingerprint density at radius 2 is 1.72 bits per heavy atom. The van der Waals surface area contributed by atoms with Gasteiger partial charge in [-0.1, -0.05) is 30.3 Å². The van der Waals surface area contributed by atoms with E-state index in [9.17, 15) is 9.59 Å². The quantitative estimate of drug-likeness (QED) is 0.737. The number of carbonyl (C=O) groups is 1. The average Bonchev–Trinajstić information content (AvgIpc) is 3.03. The highest BCUT2D eigenvalue weighted by molar-refractivity contribution is 6.17. The Bertz CT molecular complexity index is 1060. The summed E-state index contributed by atoms with van der Waals surface area (Å²) >= 11 is 0. The van der Waals surface area contributed by atoms with E-state index in [0.717, 1.165) is 5.69 Å². The Morgan fingerprint density at radius 3 is 2.56 bits per heavy atom. The van der Waals surface area contributed by atoms with Crippen molar-refractivity contribution in [2.24, 2.45) is 5.10 Å². The minimum atomic E-state index is -0.108. The van der Waals surface area contributed by atoms with Gasteiger partial charge in [0.05, 0.1) is 28.8 Å². The number of carbonyl (C=O) groups excluding carboxylic acids is 1. The van der Waals surface area contributed by atoms with Crippen molar-refractivity contribution in [3.8, 4) is 0 Å². The number of rotatable bonds is 3. The summed E-state index contributed by atoms with van der Waals surface area (Å²) in [5, 5.41) is 6.23. The molecule has 2 heterocycles. The summed E-state index contributed by atoms with van der Waals surface area (Å²) in [4.78, 5) is 24.6. The molecular weight excluding hydrogens is 316 g/mol. The highest BCUT2D eigenvalue weighted by Crippen LogP contribution is 2.20. The molecule has 0 aliphatic carbocycles. The van der Waals surface area contributed by atoms with E-state index in [1.807, 2.05) is 36.4 Å². The first-order valence-electron chi connectivity index (χ1n) is 7.86. The van der Waals surface area contributed by atoms with Gasteiger partial charge in [-0.25, -0.2) is 5.01 Å². The molecular formula is C20H14N2O3. The third kappa shape index (κ3) is 2.87. The summed E-state index contributed by atoms with van der Waals surface area (Å²) in [6, 6.07) is 16.3. The first-order chi connectivity index (χ1) is 12.2. The summed E-state index contributed by atoms with van der Waals surface area (Å²) in [7, 11) is 0. The van der Waals surface area contributed by atoms with Gasteiger partial charge in [0.15, 0.2) is 5.43 Å². The highest BCUT2D eigenvalue weighted by Gasteiger charge is 2.23. The number of fused-ring (bicyclic) bond motifs is 1. The fraction of sp³-hybridized carbons (Fsp3) is 0.0500. The van der Waals surface area contributed by atoms with E-state index < -0.39 is 0 Å². The van der Waals surface area contributed by atoms with Gasteiger partial charge >= 0.3 is 0 Å². The smallest absolute Gasteiger partial charge is 0.253 e. The zero-order valence-corrected chi connectivity index (χ0v) is 13.3. The van der Waals surface area contributed by atoms with Crippen LogP contribution in [0, 0.1) is 0 Å². The predicted octanol–water partition coefficient (Wildman–Crippen LogP) is 3.60. The Balaban J connectivity index is 1.63. The number of hydrogen-bond acceptors (Lipinski definition) is 4. The fourth-order valence-electron chi connectivity index (χ4n) is 2.71. The molecule has 0 spiro atoms. The van der Waals surface area contributed by atoms with E-state index in [2.05, 4.69) is 5.10 Å². The molecule has 0 radical (unpaired) electrons. The van der Waals surface area contributed by atoms with Crippen molar-refractivity contribution in [3.63, 3.8) is 0 Å². The van der Waals surface area contributed by atoms with Crippen molar-refractivity contribution in [3.05, 3.63) is 82.7 Å². The van der Waals surface area contributed by atoms with Crippen molar-refractivity contribution >= 4 is 34.4 Å². The third-order valence-electron chi connectivity index (χ3n) is 3.96. The van der Waals surface area contributed by atoms with Crippen LogP contribution < -0.4 is 10.4 Å². The first-order valence-corrected chi connectivity index (χ1v) is 7.86. The SMILES string of the molecule is O=C1CC(/C=C/c2coc3ccccc3c2=O)=NN1c1ccccc1. The van der Waals surface area contributed by atoms with Crippen LogP contribution in [0.3, 0.4) is 0 Å². The number of benzene rings is 2. The summed E-state index contributed by atoms with van der Waals surface area (Å²) in [5.41, 5.74) is 2.19. The van der Waals surface area contributed by atoms with Gasteiger partial charge < -0.3 is 4.42 Å². The van der Waals surface area contributed by atoms with E-state index in [0.29, 0.717) is 22.2 Å². The largest absolute Gasteiger partial charge is 0.463 e. The third-order valence-corrected chi connectivity index (χ3v) is 3.96. The number of para-hydroxylation sites is 2. The van der Waals surface area contributed by atoms with Gasteiger partial charge in [0.25, 0.3) is 5.91 Å². The van der Waals surface area contributed by atoms with Gasteiger partial charge in [-0.2, -0.15) is 5.10 Å². The Kier molecular flexibility index (Phi) is 3.74. The molecule has 122 valence electrons. The van der Waals surface area contributed by atoms with Crippen LogP contribution in [-0.2, 0) is 4.79 Å². The Morgan fingerprint density at radius 1 is 0.960 bits per heavy atom. The number of hydrogen-bond donors (Lipinski definition) is 0. The molecule has 1 aliphatic heterocycles. The van der Waals surface area contributed by atoms with Crippen molar-refractivity contribution < 1.29 is 9.21 Å². The molecule has 0 saturated heterocycles. The summed E-state index contributed by atoms with van der Waals surface area (Å²) in [6.45, 7) is 0. The van der Waals surface area contributed by atoms with Gasteiger partial charge in [-0.15, -0.1) is 0 Å². The first kappa shape index (κ1) is 15.1. The number of amides is 1. The topological polar surface area (TPSA) is 62.9 Å². The van der Waals surface area contributed by atoms with Crippen molar-refractivity contribution in [1.82, 2.24) is 0 Å². The molecule has 0 unspecified atom stereocenters. The molecule has 1 aromatic heterocycles. The molecule has 0 N–H and O–H groups in total. The standard InChI is InChI=1S/C20H14N2O3/c23-19-12-15(21-22(19)16-6-2-1-3-7-16)11-10-14-13-25-18-9-5-4-8-17(18)20(14)24/h1-11,13H,12H2/b11-10+. The van der Waals surface area contributed by atoms with Crippen LogP contribution >= 0.6 is 0 Å². The van der Waals surface area contributed by atoms with Gasteiger partial charge in [0.2, 0.25) is 0 Å². The Hall–Kier alpha value is -3.47. The monoisotopic (exact) mass is 330 g/mol. The van der Waals surface area contributed by atoms with Crippen molar-refractivity contribution in [1.29, 1.82) is 0 Å². The normalized spacial score (nSPS) is 14.5. The number of allylic oxidation sites excluding steroid dienone is 1. The molecule has 5 nitrogen and oxygen atoms in total. The van der Waals surface area contributed by atoms with Crippen molar-refractivity contribution in [2.75, 3.05) is 5.01 Å². The number of nitrogens with zero attached hydrogens (tertiary/aromatic N) is 2. The lowest BCUT2D eigenvalue weighted by atomic mass is 10.1. The lowest BCUT2D eigenvalue weighted by Crippen LogP contribution is -2.19. The number of anilines is 1. The van der Waals surface area contributed by atoms with Crippen LogP contribution in [0.25, 0.3) is 17.0 Å². The van der Waals surface area contributed by atoms with Crippen LogP contribution in [0.5, 0.6) is 0 Å². The minimum absolute atomic E-state index is 0.101. The van der Waals surface area contributed by atoms with Gasteiger partial charge in [-0.3, -0.25) is 9.59 Å². The molecule has 1 amide bonds. The van der Waals surface area contributed by atoms with Crippen LogP contribution in [0.1, 0.15) is 12.0 Å². The predicted molar refractivity (Wildman–Crippen MR) is 97.5 cm³/mol. The summed E-state index contributed by atoms with van der Waals surface area (Å²) in [5.74, 6) is -0.101. The molecule has 0 saturated carbocycles. The second kappa shape index (κ2) is 6.20. The van der Waals surface area contributed by atoms with Gasteiger partial charge in [0.1, 0.15) is 11.8 Å². The molecule has 0 fully saturated rings. The van der Waals surface area contributed by atoms with Crippen molar-refractivity contribution in [2.45, 2.75) is 6.42 Å². The summed E-state index contributed by atoms with van der Waals surface area (Å²) < 4.78 is 5.48. The second-order valence-electron chi connectivity index (χ2n) is 5.66. The lowest BCUT2D eigenvalue weighted by molar-refractivity contribution is -0.116. The van der Waals surface area contributed by atoms with Crippen LogP contribution in [0.15, 0.2) is 81.2 Å². The van der Waals surface area contributed by atoms with Crippen LogP contribution in [0.2, 0.25) is 0 Å². The molecule has 0 atom stereocenters. The van der Waals surface area contributed by atoms with E-state index in [1.165, 1.54) is 11.3 Å². The highest BCUT2D eigenvalue weighted by atomic mass is 16.3. The maximum atomic E-state index is 12.5. The maximum absolute atomic E-state index is 12.5. The zero-order chi connectivity index (χ0) is 17.2. The maximum Gasteiger partial charge on any atom is 0.253 e. The fourth-order valence-corrected chi connectivity index (χ4v) is 2.71. The van der Waals surface area contributed by atoms with Crippen LogP contribution in [0.4, 0.5) is 5.69 Å². The molecule has 4 rings (SSSR count). The molecule has 5 heteroatoms. The van der Waals surface area contributed by atoms with Gasteiger partial charge in [0, 0.05) is 0 Å². The van der Waals surface area contributed by atoms with E-state index in [4.69, 9.17) is 4.42 Å². The van der Waals surface area contributed by atoms with Crippen LogP contribution in [-0.4, -0.2) is 11.6 Å². The molecule has 0 bridgehead atoms.